The third-order valence-corrected chi connectivity index (χ3v) is 1.90. The van der Waals surface area contributed by atoms with Crippen LogP contribution in [0.1, 0.15) is 15.9 Å². The van der Waals surface area contributed by atoms with E-state index in [1.807, 2.05) is 13.0 Å². The Morgan fingerprint density at radius 1 is 1.50 bits per heavy atom. The Bertz CT molecular complexity index is 347. The molecule has 0 spiro atoms. The Kier molecular flexibility index (Phi) is 3.06. The summed E-state index contributed by atoms with van der Waals surface area (Å²) >= 11 is 0. The Morgan fingerprint density at radius 2 is 2.14 bits per heavy atom. The standard InChI is InChI=1S/C10H15N3O/c1-7-5-8(10(14)13(3)4)9(11-2)12-6-7/h5-6H,1-4H3,(H,11,12). The summed E-state index contributed by atoms with van der Waals surface area (Å²) in [4.78, 5) is 17.4. The van der Waals surface area contributed by atoms with E-state index in [-0.39, 0.29) is 5.91 Å². The van der Waals surface area contributed by atoms with Crippen LogP contribution < -0.4 is 5.32 Å². The summed E-state index contributed by atoms with van der Waals surface area (Å²) in [5.41, 5.74) is 1.59. The van der Waals surface area contributed by atoms with Crippen molar-refractivity contribution in [2.45, 2.75) is 6.92 Å². The lowest BCUT2D eigenvalue weighted by molar-refractivity contribution is 0.0828. The van der Waals surface area contributed by atoms with Gasteiger partial charge in [0.05, 0.1) is 5.56 Å². The van der Waals surface area contributed by atoms with E-state index in [0.717, 1.165) is 5.56 Å². The van der Waals surface area contributed by atoms with Crippen LogP contribution in [0, 0.1) is 6.92 Å². The molecule has 0 unspecified atom stereocenters. The van der Waals surface area contributed by atoms with Gasteiger partial charge in [-0.2, -0.15) is 0 Å². The van der Waals surface area contributed by atoms with Crippen molar-refractivity contribution >= 4 is 11.7 Å². The van der Waals surface area contributed by atoms with Gasteiger partial charge in [0.1, 0.15) is 5.82 Å². The van der Waals surface area contributed by atoms with Crippen LogP contribution in [0.2, 0.25) is 0 Å². The second-order valence-corrected chi connectivity index (χ2v) is 3.36. The minimum atomic E-state index is -0.0365. The van der Waals surface area contributed by atoms with Gasteiger partial charge in [-0.05, 0) is 18.6 Å². The van der Waals surface area contributed by atoms with Crippen LogP contribution in [-0.2, 0) is 0 Å². The average molecular weight is 193 g/mol. The van der Waals surface area contributed by atoms with Gasteiger partial charge in [-0.25, -0.2) is 4.98 Å². The maximum atomic E-state index is 11.7. The minimum absolute atomic E-state index is 0.0365. The van der Waals surface area contributed by atoms with Gasteiger partial charge in [-0.1, -0.05) is 0 Å². The fraction of sp³-hybridized carbons (Fsp3) is 0.400. The van der Waals surface area contributed by atoms with Gasteiger partial charge in [-0.15, -0.1) is 0 Å². The first-order valence-corrected chi connectivity index (χ1v) is 4.42. The SMILES string of the molecule is CNc1ncc(C)cc1C(=O)N(C)C. The summed E-state index contributed by atoms with van der Waals surface area (Å²) < 4.78 is 0. The summed E-state index contributed by atoms with van der Waals surface area (Å²) in [6.45, 7) is 1.92. The third-order valence-electron chi connectivity index (χ3n) is 1.90. The Morgan fingerprint density at radius 3 is 2.64 bits per heavy atom. The molecule has 0 bridgehead atoms. The number of nitrogens with one attached hydrogen (secondary N) is 1. The Hall–Kier alpha value is -1.58. The predicted molar refractivity (Wildman–Crippen MR) is 56.5 cm³/mol. The van der Waals surface area contributed by atoms with E-state index in [1.54, 1.807) is 27.3 Å². The molecule has 0 saturated carbocycles. The number of pyridine rings is 1. The molecule has 14 heavy (non-hydrogen) atoms. The number of amides is 1. The number of carbonyl (C=O) groups excluding carboxylic acids is 1. The number of hydrogen-bond acceptors (Lipinski definition) is 3. The van der Waals surface area contributed by atoms with Gasteiger partial charge in [0.15, 0.2) is 0 Å². The van der Waals surface area contributed by atoms with E-state index in [4.69, 9.17) is 0 Å². The molecule has 1 aromatic heterocycles. The minimum Gasteiger partial charge on any atom is -0.372 e. The van der Waals surface area contributed by atoms with Crippen molar-refractivity contribution in [3.05, 3.63) is 23.4 Å². The van der Waals surface area contributed by atoms with Gasteiger partial charge < -0.3 is 10.2 Å². The second-order valence-electron chi connectivity index (χ2n) is 3.36. The van der Waals surface area contributed by atoms with Gasteiger partial charge in [0.2, 0.25) is 0 Å². The van der Waals surface area contributed by atoms with E-state index in [0.29, 0.717) is 11.4 Å². The van der Waals surface area contributed by atoms with Gasteiger partial charge >= 0.3 is 0 Å². The summed E-state index contributed by atoms with van der Waals surface area (Å²) in [7, 11) is 5.21. The zero-order valence-corrected chi connectivity index (χ0v) is 8.96. The number of rotatable bonds is 2. The lowest BCUT2D eigenvalue weighted by Crippen LogP contribution is -2.23. The molecule has 0 aromatic carbocycles. The highest BCUT2D eigenvalue weighted by molar-refractivity contribution is 5.98. The van der Waals surface area contributed by atoms with Gasteiger partial charge in [-0.3, -0.25) is 4.79 Å². The molecule has 1 aromatic rings. The molecule has 1 N–H and O–H groups in total. The van der Waals surface area contributed by atoms with Crippen LogP contribution in [0.25, 0.3) is 0 Å². The largest absolute Gasteiger partial charge is 0.372 e. The molecular formula is C10H15N3O. The maximum Gasteiger partial charge on any atom is 0.257 e. The molecule has 0 aliphatic carbocycles. The predicted octanol–water partition coefficient (Wildman–Crippen LogP) is 1.13. The first-order chi connectivity index (χ1) is 6.56. The molecule has 76 valence electrons. The molecule has 1 heterocycles. The molecule has 1 amide bonds. The Labute approximate surface area is 83.9 Å². The quantitative estimate of drug-likeness (QED) is 0.766. The van der Waals surface area contributed by atoms with Crippen LogP contribution in [0.15, 0.2) is 12.3 Å². The van der Waals surface area contributed by atoms with Crippen LogP contribution >= 0.6 is 0 Å². The highest BCUT2D eigenvalue weighted by Crippen LogP contribution is 2.14. The molecule has 0 aliphatic heterocycles. The molecule has 1 rings (SSSR count). The summed E-state index contributed by atoms with van der Waals surface area (Å²) in [5.74, 6) is 0.583. The van der Waals surface area contributed by atoms with E-state index in [2.05, 4.69) is 10.3 Å². The van der Waals surface area contributed by atoms with Crippen molar-refractivity contribution in [1.29, 1.82) is 0 Å². The molecule has 0 aliphatic rings. The topological polar surface area (TPSA) is 45.2 Å². The molecule has 0 fully saturated rings. The highest BCUT2D eigenvalue weighted by Gasteiger charge is 2.13. The number of nitrogens with zero attached hydrogens (tertiary/aromatic N) is 2. The summed E-state index contributed by atoms with van der Waals surface area (Å²) in [6, 6.07) is 1.83. The fourth-order valence-electron chi connectivity index (χ4n) is 1.17. The zero-order valence-electron chi connectivity index (χ0n) is 8.96. The molecule has 0 saturated heterocycles. The van der Waals surface area contributed by atoms with E-state index < -0.39 is 0 Å². The smallest absolute Gasteiger partial charge is 0.257 e. The maximum absolute atomic E-state index is 11.7. The van der Waals surface area contributed by atoms with Crippen LogP contribution in [-0.4, -0.2) is 36.9 Å². The van der Waals surface area contributed by atoms with E-state index in [1.165, 1.54) is 4.90 Å². The summed E-state index contributed by atoms with van der Waals surface area (Å²) in [5, 5.41) is 2.90. The number of hydrogen-bond donors (Lipinski definition) is 1. The lowest BCUT2D eigenvalue weighted by Gasteiger charge is -2.13. The van der Waals surface area contributed by atoms with E-state index >= 15 is 0 Å². The second kappa shape index (κ2) is 4.09. The lowest BCUT2D eigenvalue weighted by atomic mass is 10.2. The van der Waals surface area contributed by atoms with E-state index in [9.17, 15) is 4.79 Å². The van der Waals surface area contributed by atoms with Crippen molar-refractivity contribution in [3.8, 4) is 0 Å². The first kappa shape index (κ1) is 10.5. The van der Waals surface area contributed by atoms with Crippen molar-refractivity contribution < 1.29 is 4.79 Å². The number of carbonyl (C=O) groups is 1. The molecule has 4 nitrogen and oxygen atoms in total. The van der Waals surface area contributed by atoms with Crippen molar-refractivity contribution in [3.63, 3.8) is 0 Å². The molecular weight excluding hydrogens is 178 g/mol. The normalized spacial score (nSPS) is 9.71. The Balaban J connectivity index is 3.17. The van der Waals surface area contributed by atoms with Crippen LogP contribution in [0.4, 0.5) is 5.82 Å². The molecule has 4 heteroatoms. The average Bonchev–Trinajstić information content (AvgIpc) is 2.16. The van der Waals surface area contributed by atoms with Crippen LogP contribution in [0.5, 0.6) is 0 Å². The van der Waals surface area contributed by atoms with Crippen molar-refractivity contribution in [2.75, 3.05) is 26.5 Å². The van der Waals surface area contributed by atoms with Crippen LogP contribution in [0.3, 0.4) is 0 Å². The van der Waals surface area contributed by atoms with Crippen molar-refractivity contribution in [1.82, 2.24) is 9.88 Å². The monoisotopic (exact) mass is 193 g/mol. The highest BCUT2D eigenvalue weighted by atomic mass is 16.2. The first-order valence-electron chi connectivity index (χ1n) is 4.42. The number of aryl methyl sites for hydroxylation is 1. The van der Waals surface area contributed by atoms with Crippen molar-refractivity contribution in [2.24, 2.45) is 0 Å². The third kappa shape index (κ3) is 2.02. The molecule has 0 radical (unpaired) electrons. The summed E-state index contributed by atoms with van der Waals surface area (Å²) in [6.07, 6.45) is 1.73. The van der Waals surface area contributed by atoms with Gasteiger partial charge in [0.25, 0.3) is 5.91 Å². The van der Waals surface area contributed by atoms with Gasteiger partial charge in [0, 0.05) is 27.3 Å². The zero-order chi connectivity index (χ0) is 10.7. The number of aromatic nitrogens is 1. The molecule has 0 atom stereocenters. The fourth-order valence-corrected chi connectivity index (χ4v) is 1.17. The number of anilines is 1.